The van der Waals surface area contributed by atoms with E-state index in [1.54, 1.807) is 48.5 Å². The van der Waals surface area contributed by atoms with Crippen molar-refractivity contribution in [3.05, 3.63) is 84.4 Å². The molecule has 0 aliphatic heterocycles. The Hall–Kier alpha value is -4.28. The first-order valence-electron chi connectivity index (χ1n) is 9.63. The topological polar surface area (TPSA) is 154 Å². The monoisotopic (exact) mass is 462 g/mol. The summed E-state index contributed by atoms with van der Waals surface area (Å²) in [5.41, 5.74) is 7.92. The minimum atomic E-state index is -4.50. The summed E-state index contributed by atoms with van der Waals surface area (Å²) in [5.74, 6) is -0.659. The number of anilines is 2. The molecule has 4 aromatic rings. The lowest BCUT2D eigenvalue weighted by atomic mass is 10.1. The average molecular weight is 462 g/mol. The van der Waals surface area contributed by atoms with Crippen molar-refractivity contribution in [2.45, 2.75) is 4.90 Å². The quantitative estimate of drug-likeness (QED) is 0.185. The molecule has 0 saturated carbocycles. The van der Waals surface area contributed by atoms with E-state index in [2.05, 4.69) is 15.5 Å². The van der Waals surface area contributed by atoms with E-state index in [9.17, 15) is 22.9 Å². The average Bonchev–Trinajstić information content (AvgIpc) is 2.79. The molecule has 0 fully saturated rings. The highest BCUT2D eigenvalue weighted by molar-refractivity contribution is 7.85. The number of rotatable bonds is 5. The van der Waals surface area contributed by atoms with Crippen molar-refractivity contribution in [1.29, 1.82) is 0 Å². The lowest BCUT2D eigenvalue weighted by Crippen LogP contribution is -2.11. The Balaban J connectivity index is 1.60. The lowest BCUT2D eigenvalue weighted by Gasteiger charge is -2.09. The molecule has 0 aliphatic carbocycles. The second kappa shape index (κ2) is 8.69. The largest absolute Gasteiger partial charge is 0.507 e. The molecule has 0 aromatic heterocycles. The van der Waals surface area contributed by atoms with E-state index in [1.807, 2.05) is 6.07 Å². The molecular formula is C23H18N4O5S. The number of hydrogen-bond acceptors (Lipinski definition) is 7. The zero-order chi connectivity index (χ0) is 23.6. The van der Waals surface area contributed by atoms with Gasteiger partial charge in [0.2, 0.25) is 0 Å². The fraction of sp³-hybridized carbons (Fsp3) is 0. The summed E-state index contributed by atoms with van der Waals surface area (Å²) in [6, 6.07) is 20.5. The van der Waals surface area contributed by atoms with Gasteiger partial charge in [-0.05, 0) is 53.9 Å². The maximum atomic E-state index is 12.2. The smallest absolute Gasteiger partial charge is 0.294 e. The van der Waals surface area contributed by atoms with Crippen LogP contribution in [0.3, 0.4) is 0 Å². The minimum absolute atomic E-state index is 0.147. The second-order valence-corrected chi connectivity index (χ2v) is 8.51. The molecule has 0 saturated heterocycles. The first-order chi connectivity index (χ1) is 15.7. The van der Waals surface area contributed by atoms with Gasteiger partial charge in [-0.2, -0.15) is 13.5 Å². The van der Waals surface area contributed by atoms with Crippen molar-refractivity contribution in [1.82, 2.24) is 0 Å². The summed E-state index contributed by atoms with van der Waals surface area (Å²) in [5, 5.41) is 21.9. The Bertz CT molecular complexity index is 1490. The predicted molar refractivity (Wildman–Crippen MR) is 125 cm³/mol. The van der Waals surface area contributed by atoms with Crippen molar-refractivity contribution < 1.29 is 22.9 Å². The van der Waals surface area contributed by atoms with Crippen LogP contribution in [0.25, 0.3) is 10.8 Å². The molecule has 0 radical (unpaired) electrons. The summed E-state index contributed by atoms with van der Waals surface area (Å²) >= 11 is 0. The summed E-state index contributed by atoms with van der Waals surface area (Å²) in [6.07, 6.45) is 0. The number of aromatic hydroxyl groups is 1. The zero-order valence-corrected chi connectivity index (χ0v) is 17.8. The number of nitrogen functional groups attached to an aromatic ring is 1. The van der Waals surface area contributed by atoms with Crippen LogP contribution in [-0.4, -0.2) is 24.0 Å². The van der Waals surface area contributed by atoms with Crippen molar-refractivity contribution in [3.63, 3.8) is 0 Å². The fourth-order valence-electron chi connectivity index (χ4n) is 3.18. The summed E-state index contributed by atoms with van der Waals surface area (Å²) in [6.45, 7) is 0. The van der Waals surface area contributed by atoms with Crippen molar-refractivity contribution in [2.24, 2.45) is 10.2 Å². The van der Waals surface area contributed by atoms with Crippen LogP contribution in [0.4, 0.5) is 22.7 Å². The number of phenols is 1. The normalized spacial score (nSPS) is 11.7. The number of fused-ring (bicyclic) bond motifs is 1. The number of carbonyl (C=O) groups is 1. The number of carbonyl (C=O) groups excluding carboxylic acids is 1. The van der Waals surface area contributed by atoms with E-state index >= 15 is 0 Å². The standard InChI is InChI=1S/C23H18N4O5S/c24-19-11-6-15-12-18(33(30,31)32)13-20(28)21(15)22(19)27-26-17-9-7-16(8-10-17)25-23(29)14-4-2-1-3-5-14/h1-13,28H,24H2,(H,25,29)(H,30,31,32). The third-order valence-electron chi connectivity index (χ3n) is 4.80. The van der Waals surface area contributed by atoms with Gasteiger partial charge in [0.05, 0.1) is 21.7 Å². The maximum absolute atomic E-state index is 12.2. The third kappa shape index (κ3) is 4.81. The molecule has 33 heavy (non-hydrogen) atoms. The van der Waals surface area contributed by atoms with Gasteiger partial charge in [-0.3, -0.25) is 9.35 Å². The van der Waals surface area contributed by atoms with E-state index in [4.69, 9.17) is 5.73 Å². The third-order valence-corrected chi connectivity index (χ3v) is 5.63. The van der Waals surface area contributed by atoms with E-state index in [1.165, 1.54) is 18.2 Å². The highest BCUT2D eigenvalue weighted by Crippen LogP contribution is 2.40. The number of azo groups is 1. The molecule has 0 atom stereocenters. The maximum Gasteiger partial charge on any atom is 0.294 e. The van der Waals surface area contributed by atoms with Crippen molar-refractivity contribution >= 4 is 49.5 Å². The lowest BCUT2D eigenvalue weighted by molar-refractivity contribution is 0.102. The number of nitrogens with zero attached hydrogens (tertiary/aromatic N) is 2. The van der Waals surface area contributed by atoms with Crippen LogP contribution < -0.4 is 11.1 Å². The Kier molecular flexibility index (Phi) is 5.78. The summed E-state index contributed by atoms with van der Waals surface area (Å²) < 4.78 is 32.1. The SMILES string of the molecule is Nc1ccc2cc(S(=O)(=O)O)cc(O)c2c1N=Nc1ccc(NC(=O)c2ccccc2)cc1. The van der Waals surface area contributed by atoms with E-state index in [0.717, 1.165) is 6.07 Å². The Labute approximate surface area is 189 Å². The molecule has 0 aliphatic rings. The fourth-order valence-corrected chi connectivity index (χ4v) is 3.72. The zero-order valence-electron chi connectivity index (χ0n) is 17.0. The summed E-state index contributed by atoms with van der Waals surface area (Å²) in [4.78, 5) is 11.8. The Morgan fingerprint density at radius 3 is 2.27 bits per heavy atom. The number of amides is 1. The number of phenolic OH excluding ortho intramolecular Hbond substituents is 1. The molecule has 0 spiro atoms. The highest BCUT2D eigenvalue weighted by atomic mass is 32.2. The van der Waals surface area contributed by atoms with Crippen LogP contribution in [-0.2, 0) is 10.1 Å². The summed E-state index contributed by atoms with van der Waals surface area (Å²) in [7, 11) is -4.50. The van der Waals surface area contributed by atoms with E-state index in [0.29, 0.717) is 22.3 Å². The molecule has 0 heterocycles. The molecule has 0 bridgehead atoms. The van der Waals surface area contributed by atoms with Gasteiger partial charge in [-0.15, -0.1) is 5.11 Å². The van der Waals surface area contributed by atoms with Gasteiger partial charge in [-0.25, -0.2) is 0 Å². The Morgan fingerprint density at radius 1 is 0.909 bits per heavy atom. The minimum Gasteiger partial charge on any atom is -0.507 e. The van der Waals surface area contributed by atoms with Gasteiger partial charge in [-0.1, -0.05) is 24.3 Å². The Morgan fingerprint density at radius 2 is 1.61 bits per heavy atom. The van der Waals surface area contributed by atoms with Crippen molar-refractivity contribution in [3.8, 4) is 5.75 Å². The van der Waals surface area contributed by atoms with Crippen LogP contribution in [0.5, 0.6) is 5.75 Å². The molecular weight excluding hydrogens is 444 g/mol. The van der Waals surface area contributed by atoms with E-state index in [-0.39, 0.29) is 22.7 Å². The van der Waals surface area contributed by atoms with E-state index < -0.39 is 20.8 Å². The molecule has 5 N–H and O–H groups in total. The number of hydrogen-bond donors (Lipinski definition) is 4. The van der Waals surface area contributed by atoms with Crippen LogP contribution in [0.1, 0.15) is 10.4 Å². The van der Waals surface area contributed by atoms with Crippen LogP contribution >= 0.6 is 0 Å². The molecule has 166 valence electrons. The van der Waals surface area contributed by atoms with Crippen LogP contribution in [0, 0.1) is 0 Å². The van der Waals surface area contributed by atoms with Crippen molar-refractivity contribution in [2.75, 3.05) is 11.1 Å². The first-order valence-corrected chi connectivity index (χ1v) is 11.1. The van der Waals surface area contributed by atoms with Gasteiger partial charge in [0.25, 0.3) is 16.0 Å². The first kappa shape index (κ1) is 21.9. The van der Waals surface area contributed by atoms with Gasteiger partial charge in [0.15, 0.2) is 0 Å². The van der Waals surface area contributed by atoms with Crippen LogP contribution in [0.2, 0.25) is 0 Å². The molecule has 9 nitrogen and oxygen atoms in total. The highest BCUT2D eigenvalue weighted by Gasteiger charge is 2.16. The molecule has 4 rings (SSSR count). The number of nitrogens with one attached hydrogen (secondary N) is 1. The van der Waals surface area contributed by atoms with Gasteiger partial charge in [0.1, 0.15) is 11.4 Å². The molecule has 1 amide bonds. The number of benzene rings is 4. The van der Waals surface area contributed by atoms with Gasteiger partial charge in [0, 0.05) is 17.3 Å². The van der Waals surface area contributed by atoms with Gasteiger partial charge < -0.3 is 16.2 Å². The van der Waals surface area contributed by atoms with Crippen LogP contribution in [0.15, 0.2) is 94.0 Å². The molecule has 0 unspecified atom stereocenters. The molecule has 10 heteroatoms. The van der Waals surface area contributed by atoms with Gasteiger partial charge >= 0.3 is 0 Å². The molecule has 4 aromatic carbocycles. The second-order valence-electron chi connectivity index (χ2n) is 7.09. The number of nitrogens with two attached hydrogens (primary N) is 1. The predicted octanol–water partition coefficient (Wildman–Crippen LogP) is 5.04.